The second kappa shape index (κ2) is 6.42. The van der Waals surface area contributed by atoms with E-state index in [0.29, 0.717) is 29.5 Å². The number of nitrogens with two attached hydrogens (primary N) is 1. The summed E-state index contributed by atoms with van der Waals surface area (Å²) in [6, 6.07) is 8.97. The Hall–Kier alpha value is -2.34. The highest BCUT2D eigenvalue weighted by atomic mass is 35.5. The number of aromatic amines is 1. The van der Waals surface area contributed by atoms with E-state index in [1.807, 2.05) is 12.1 Å². The molecule has 1 aliphatic rings. The summed E-state index contributed by atoms with van der Waals surface area (Å²) in [6.07, 6.45) is 1.50. The fourth-order valence-electron chi connectivity index (χ4n) is 2.79. The maximum Gasteiger partial charge on any atom is 0.271 e. The first kappa shape index (κ1) is 15.6. The number of H-pyrrole nitrogens is 1. The summed E-state index contributed by atoms with van der Waals surface area (Å²) in [7, 11) is 0. The Morgan fingerprint density at radius 1 is 1.35 bits per heavy atom. The van der Waals surface area contributed by atoms with Crippen molar-refractivity contribution in [3.05, 3.63) is 41.0 Å². The molecule has 7 heteroatoms. The third kappa shape index (κ3) is 3.37. The number of carbonyl (C=O) groups excluding carboxylic acids is 2. The molecule has 2 amide bonds. The molecular formula is C16H17ClN4O2. The smallest absolute Gasteiger partial charge is 0.271 e. The van der Waals surface area contributed by atoms with E-state index in [2.05, 4.69) is 10.2 Å². The van der Waals surface area contributed by atoms with Gasteiger partial charge < -0.3 is 10.6 Å². The van der Waals surface area contributed by atoms with Crippen molar-refractivity contribution >= 4 is 23.4 Å². The van der Waals surface area contributed by atoms with Gasteiger partial charge in [0.1, 0.15) is 5.69 Å². The highest BCUT2D eigenvalue weighted by molar-refractivity contribution is 6.30. The maximum absolute atomic E-state index is 12.6. The molecule has 0 unspecified atom stereocenters. The van der Waals surface area contributed by atoms with Crippen LogP contribution >= 0.6 is 11.6 Å². The largest absolute Gasteiger partial charge is 0.369 e. The van der Waals surface area contributed by atoms with Gasteiger partial charge in [-0.3, -0.25) is 14.7 Å². The van der Waals surface area contributed by atoms with Gasteiger partial charge in [-0.05, 0) is 31.0 Å². The van der Waals surface area contributed by atoms with Crippen LogP contribution in [0.5, 0.6) is 0 Å². The molecule has 0 radical (unpaired) electrons. The number of hydrogen-bond donors (Lipinski definition) is 2. The van der Waals surface area contributed by atoms with Gasteiger partial charge in [0.15, 0.2) is 0 Å². The molecule has 1 aromatic carbocycles. The highest BCUT2D eigenvalue weighted by Crippen LogP contribution is 2.23. The molecule has 1 atom stereocenters. The topological polar surface area (TPSA) is 92.1 Å². The second-order valence-electron chi connectivity index (χ2n) is 5.67. The molecular weight excluding hydrogens is 316 g/mol. The Morgan fingerprint density at radius 2 is 2.17 bits per heavy atom. The lowest BCUT2D eigenvalue weighted by atomic mass is 9.97. The molecule has 0 bridgehead atoms. The van der Waals surface area contributed by atoms with E-state index >= 15 is 0 Å². The number of piperidine rings is 1. The summed E-state index contributed by atoms with van der Waals surface area (Å²) >= 11 is 5.97. The number of carbonyl (C=O) groups is 2. The van der Waals surface area contributed by atoms with Crippen LogP contribution in [-0.2, 0) is 4.79 Å². The van der Waals surface area contributed by atoms with Gasteiger partial charge in [0.05, 0.1) is 11.6 Å². The van der Waals surface area contributed by atoms with Crippen LogP contribution in [0.3, 0.4) is 0 Å². The van der Waals surface area contributed by atoms with Gasteiger partial charge in [0.25, 0.3) is 5.91 Å². The standard InChI is InChI=1S/C16H17ClN4O2/c17-12-5-1-3-10(7-12)13-8-14(20-19-13)16(23)21-6-2-4-11(9-21)15(18)22/h1,3,5,7-8,11H,2,4,6,9H2,(H2,18,22)(H,19,20)/t11-/m1/s1. The van der Waals surface area contributed by atoms with E-state index in [1.165, 1.54) is 0 Å². The van der Waals surface area contributed by atoms with Gasteiger partial charge in [-0.2, -0.15) is 5.10 Å². The van der Waals surface area contributed by atoms with Crippen molar-refractivity contribution in [1.29, 1.82) is 0 Å². The number of amides is 2. The zero-order valence-corrected chi connectivity index (χ0v) is 13.2. The Kier molecular flexibility index (Phi) is 4.34. The lowest BCUT2D eigenvalue weighted by Crippen LogP contribution is -2.44. The van der Waals surface area contributed by atoms with Crippen LogP contribution in [-0.4, -0.2) is 40.0 Å². The Bertz CT molecular complexity index is 743. The molecule has 2 heterocycles. The van der Waals surface area contributed by atoms with Crippen molar-refractivity contribution in [3.63, 3.8) is 0 Å². The average Bonchev–Trinajstić information content (AvgIpc) is 3.04. The van der Waals surface area contributed by atoms with Crippen molar-refractivity contribution in [2.75, 3.05) is 13.1 Å². The van der Waals surface area contributed by atoms with Crippen molar-refractivity contribution in [1.82, 2.24) is 15.1 Å². The fourth-order valence-corrected chi connectivity index (χ4v) is 2.98. The van der Waals surface area contributed by atoms with Crippen molar-refractivity contribution in [2.45, 2.75) is 12.8 Å². The summed E-state index contributed by atoms with van der Waals surface area (Å²) in [5, 5.41) is 7.55. The Balaban J connectivity index is 1.77. The third-order valence-electron chi connectivity index (χ3n) is 4.04. The first-order valence-electron chi connectivity index (χ1n) is 7.44. The molecule has 3 rings (SSSR count). The molecule has 0 spiro atoms. The molecule has 1 aromatic heterocycles. The lowest BCUT2D eigenvalue weighted by molar-refractivity contribution is -0.123. The minimum atomic E-state index is -0.355. The van der Waals surface area contributed by atoms with Crippen LogP contribution in [0.15, 0.2) is 30.3 Å². The van der Waals surface area contributed by atoms with Gasteiger partial charge in [-0.1, -0.05) is 23.7 Å². The summed E-state index contributed by atoms with van der Waals surface area (Å²) in [5.41, 5.74) is 7.23. The predicted octanol–water partition coefficient (Wildman–Crippen LogP) is 2.07. The number of aromatic nitrogens is 2. The minimum Gasteiger partial charge on any atom is -0.369 e. The Labute approximate surface area is 138 Å². The number of rotatable bonds is 3. The van der Waals surface area contributed by atoms with Crippen LogP contribution in [0, 0.1) is 5.92 Å². The monoisotopic (exact) mass is 332 g/mol. The number of hydrogen-bond acceptors (Lipinski definition) is 3. The predicted molar refractivity (Wildman–Crippen MR) is 86.9 cm³/mol. The first-order chi connectivity index (χ1) is 11.0. The molecule has 1 saturated heterocycles. The van der Waals surface area contributed by atoms with Crippen LogP contribution < -0.4 is 5.73 Å². The zero-order chi connectivity index (χ0) is 16.4. The van der Waals surface area contributed by atoms with Crippen molar-refractivity contribution in [2.24, 2.45) is 11.7 Å². The molecule has 23 heavy (non-hydrogen) atoms. The number of halogens is 1. The van der Waals surface area contributed by atoms with E-state index in [1.54, 1.807) is 23.1 Å². The lowest BCUT2D eigenvalue weighted by Gasteiger charge is -2.30. The van der Waals surface area contributed by atoms with Gasteiger partial charge in [-0.15, -0.1) is 0 Å². The minimum absolute atomic E-state index is 0.170. The molecule has 3 N–H and O–H groups in total. The van der Waals surface area contributed by atoms with Crippen LogP contribution in [0.4, 0.5) is 0 Å². The number of nitrogens with zero attached hydrogens (tertiary/aromatic N) is 2. The first-order valence-corrected chi connectivity index (χ1v) is 7.82. The van der Waals surface area contributed by atoms with E-state index in [9.17, 15) is 9.59 Å². The number of primary amides is 1. The average molecular weight is 333 g/mol. The summed E-state index contributed by atoms with van der Waals surface area (Å²) < 4.78 is 0. The zero-order valence-electron chi connectivity index (χ0n) is 12.5. The van der Waals surface area contributed by atoms with E-state index in [0.717, 1.165) is 18.4 Å². The Morgan fingerprint density at radius 3 is 2.91 bits per heavy atom. The number of likely N-dealkylation sites (tertiary alicyclic amines) is 1. The third-order valence-corrected chi connectivity index (χ3v) is 4.27. The van der Waals surface area contributed by atoms with Crippen LogP contribution in [0.25, 0.3) is 11.3 Å². The van der Waals surface area contributed by atoms with E-state index in [4.69, 9.17) is 17.3 Å². The SMILES string of the molecule is NC(=O)[C@@H]1CCCN(C(=O)c2cc(-c3cccc(Cl)c3)n[nH]2)C1. The maximum atomic E-state index is 12.6. The molecule has 0 saturated carbocycles. The number of nitrogens with one attached hydrogen (secondary N) is 1. The van der Waals surface area contributed by atoms with Crippen molar-refractivity contribution < 1.29 is 9.59 Å². The molecule has 6 nitrogen and oxygen atoms in total. The van der Waals surface area contributed by atoms with Gasteiger partial charge in [-0.25, -0.2) is 0 Å². The van der Waals surface area contributed by atoms with Crippen LogP contribution in [0.1, 0.15) is 23.3 Å². The normalized spacial score (nSPS) is 18.0. The molecule has 1 aliphatic heterocycles. The van der Waals surface area contributed by atoms with Crippen LogP contribution in [0.2, 0.25) is 5.02 Å². The van der Waals surface area contributed by atoms with Gasteiger partial charge >= 0.3 is 0 Å². The van der Waals surface area contributed by atoms with E-state index < -0.39 is 0 Å². The molecule has 2 aromatic rings. The highest BCUT2D eigenvalue weighted by Gasteiger charge is 2.28. The van der Waals surface area contributed by atoms with Crippen molar-refractivity contribution in [3.8, 4) is 11.3 Å². The fraction of sp³-hybridized carbons (Fsp3) is 0.312. The summed E-state index contributed by atoms with van der Waals surface area (Å²) in [5.74, 6) is -0.800. The number of benzene rings is 1. The molecule has 0 aliphatic carbocycles. The molecule has 120 valence electrons. The summed E-state index contributed by atoms with van der Waals surface area (Å²) in [6.45, 7) is 0.980. The molecule has 1 fully saturated rings. The second-order valence-corrected chi connectivity index (χ2v) is 6.11. The van der Waals surface area contributed by atoms with Gasteiger partial charge in [0, 0.05) is 23.7 Å². The van der Waals surface area contributed by atoms with E-state index in [-0.39, 0.29) is 17.7 Å². The van der Waals surface area contributed by atoms with Gasteiger partial charge in [0.2, 0.25) is 5.91 Å². The quantitative estimate of drug-likeness (QED) is 0.901. The summed E-state index contributed by atoms with van der Waals surface area (Å²) in [4.78, 5) is 25.5.